The second-order valence-electron chi connectivity index (χ2n) is 14.9. The van der Waals surface area contributed by atoms with Crippen molar-refractivity contribution in [3.63, 3.8) is 0 Å². The van der Waals surface area contributed by atoms with Gasteiger partial charge in [-0.05, 0) is 105 Å². The molecule has 2 heterocycles. The third-order valence-electron chi connectivity index (χ3n) is 11.5. The molecule has 0 saturated carbocycles. The Hall–Kier alpha value is -6.92. The van der Waals surface area contributed by atoms with Crippen molar-refractivity contribution >= 4 is 46.2 Å². The largest absolute Gasteiger partial charge is 0.496 e. The van der Waals surface area contributed by atoms with Crippen molar-refractivity contribution in [1.29, 1.82) is 0 Å². The van der Waals surface area contributed by atoms with E-state index in [0.717, 1.165) is 86.5 Å². The zero-order chi connectivity index (χ0) is 40.5. The summed E-state index contributed by atoms with van der Waals surface area (Å²) in [6, 6.07) is 63.5. The summed E-state index contributed by atoms with van der Waals surface area (Å²) in [4.78, 5) is 4.54. The third-order valence-corrected chi connectivity index (χ3v) is 14.1. The normalized spacial score (nSPS) is 17.3. The van der Waals surface area contributed by atoms with Gasteiger partial charge in [-0.1, -0.05) is 157 Å². The molecule has 10 rings (SSSR count). The van der Waals surface area contributed by atoms with Crippen molar-refractivity contribution in [2.24, 2.45) is 0 Å². The summed E-state index contributed by atoms with van der Waals surface area (Å²) in [6.07, 6.45) is 4.28. The summed E-state index contributed by atoms with van der Waals surface area (Å²) < 4.78 is 6.10. The summed E-state index contributed by atoms with van der Waals surface area (Å²) in [7, 11) is 1.74. The van der Waals surface area contributed by atoms with Crippen LogP contribution in [0.25, 0.3) is 33.2 Å². The molecule has 0 aliphatic heterocycles. The molecule has 2 aliphatic carbocycles. The van der Waals surface area contributed by atoms with E-state index < -0.39 is 10.8 Å². The predicted molar refractivity (Wildman–Crippen MR) is 250 cm³/mol. The lowest BCUT2D eigenvalue weighted by molar-refractivity contribution is 0.350. The molecule has 8 aromatic rings. The van der Waals surface area contributed by atoms with Gasteiger partial charge in [-0.3, -0.25) is 0 Å². The second-order valence-corrected chi connectivity index (χ2v) is 17.0. The molecule has 2 atom stereocenters. The number of aliphatic hydroxyl groups is 1. The average Bonchev–Trinajstić information content (AvgIpc) is 3.97. The molecule has 0 spiro atoms. The smallest absolute Gasteiger partial charge is 0.127 e. The van der Waals surface area contributed by atoms with E-state index in [2.05, 4.69) is 175 Å². The first-order valence-electron chi connectivity index (χ1n) is 20.0. The van der Waals surface area contributed by atoms with E-state index in [4.69, 9.17) is 4.74 Å². The highest BCUT2D eigenvalue weighted by Gasteiger charge is 2.43. The SMILES string of the molecule is COC1=Cc2ccccc2C(C#Cc2ccccc2)(c2ccc(-c3ccc(C4(C#Cc5ccccc5)c5ccccc5C=C(CO)c5ccccc54)s3)s2)c2ccccc21. The van der Waals surface area contributed by atoms with E-state index in [1.807, 2.05) is 42.5 Å². The molecule has 0 amide bonds. The summed E-state index contributed by atoms with van der Waals surface area (Å²) in [5.41, 5.74) is 9.62. The van der Waals surface area contributed by atoms with Crippen LogP contribution in [0.2, 0.25) is 0 Å². The Kier molecular flexibility index (Phi) is 9.77. The van der Waals surface area contributed by atoms with Crippen LogP contribution >= 0.6 is 22.7 Å². The van der Waals surface area contributed by atoms with Crippen molar-refractivity contribution in [1.82, 2.24) is 0 Å². The van der Waals surface area contributed by atoms with Gasteiger partial charge in [0.25, 0.3) is 0 Å². The fourth-order valence-corrected chi connectivity index (χ4v) is 11.2. The van der Waals surface area contributed by atoms with Gasteiger partial charge in [0.1, 0.15) is 16.6 Å². The third kappa shape index (κ3) is 6.26. The summed E-state index contributed by atoms with van der Waals surface area (Å²) in [5.74, 6) is 15.8. The predicted octanol–water partition coefficient (Wildman–Crippen LogP) is 12.6. The Labute approximate surface area is 359 Å². The van der Waals surface area contributed by atoms with Gasteiger partial charge in [-0.2, -0.15) is 0 Å². The molecule has 2 aliphatic rings. The molecule has 4 heteroatoms. The van der Waals surface area contributed by atoms with Crippen molar-refractivity contribution in [2.45, 2.75) is 10.8 Å². The minimum Gasteiger partial charge on any atom is -0.496 e. The number of rotatable bonds is 5. The Morgan fingerprint density at radius 3 is 1.42 bits per heavy atom. The lowest BCUT2D eigenvalue weighted by atomic mass is 9.71. The molecule has 2 unspecified atom stereocenters. The van der Waals surface area contributed by atoms with Crippen LogP contribution in [0, 0.1) is 23.7 Å². The number of thiophene rings is 2. The fraction of sp³-hybridized carbons (Fsp3) is 0.0714. The molecule has 60 heavy (non-hydrogen) atoms. The number of hydrogen-bond donors (Lipinski definition) is 1. The molecule has 1 N–H and O–H groups in total. The van der Waals surface area contributed by atoms with E-state index in [-0.39, 0.29) is 6.61 Å². The maximum absolute atomic E-state index is 10.8. The van der Waals surface area contributed by atoms with Crippen LogP contribution in [-0.4, -0.2) is 18.8 Å². The summed E-state index contributed by atoms with van der Waals surface area (Å²) >= 11 is 3.56. The van der Waals surface area contributed by atoms with Gasteiger partial charge >= 0.3 is 0 Å². The van der Waals surface area contributed by atoms with Crippen LogP contribution in [-0.2, 0) is 15.6 Å². The van der Waals surface area contributed by atoms with Gasteiger partial charge in [0.05, 0.1) is 13.7 Å². The van der Waals surface area contributed by atoms with E-state index in [9.17, 15) is 5.11 Å². The average molecular weight is 807 g/mol. The highest BCUT2D eigenvalue weighted by molar-refractivity contribution is 7.22. The van der Waals surface area contributed by atoms with Crippen LogP contribution in [0.5, 0.6) is 0 Å². The van der Waals surface area contributed by atoms with E-state index in [1.54, 1.807) is 29.8 Å². The summed E-state index contributed by atoms with van der Waals surface area (Å²) in [5, 5.41) is 10.8. The van der Waals surface area contributed by atoms with E-state index >= 15 is 0 Å². The van der Waals surface area contributed by atoms with Crippen molar-refractivity contribution in [3.8, 4) is 33.4 Å². The quantitative estimate of drug-likeness (QED) is 0.176. The van der Waals surface area contributed by atoms with Crippen LogP contribution < -0.4 is 0 Å². The Morgan fingerprint density at radius 2 is 0.900 bits per heavy atom. The van der Waals surface area contributed by atoms with Gasteiger partial charge in [-0.15, -0.1) is 22.7 Å². The van der Waals surface area contributed by atoms with Crippen LogP contribution in [0.15, 0.2) is 182 Å². The van der Waals surface area contributed by atoms with Gasteiger partial charge < -0.3 is 9.84 Å². The summed E-state index contributed by atoms with van der Waals surface area (Å²) in [6.45, 7) is -0.0796. The zero-order valence-electron chi connectivity index (χ0n) is 32.9. The Bertz CT molecular complexity index is 2880. The molecule has 286 valence electrons. The first-order valence-corrected chi connectivity index (χ1v) is 21.6. The van der Waals surface area contributed by atoms with Gasteiger partial charge in [-0.25, -0.2) is 0 Å². The van der Waals surface area contributed by atoms with Crippen LogP contribution in [0.1, 0.15) is 65.4 Å². The fourth-order valence-electron chi connectivity index (χ4n) is 8.76. The van der Waals surface area contributed by atoms with Crippen molar-refractivity contribution in [2.75, 3.05) is 13.7 Å². The number of aliphatic hydroxyl groups excluding tert-OH is 1. The standard InChI is InChI=1S/C56H38O2S2/c1-58-50-37-42-21-9-13-25-47(42)56(49-27-15-11-23-45(49)50,35-33-40-18-6-3-7-19-40)54-31-29-52(60-54)51-28-30-53(59-51)55(34-32-39-16-4-2-5-17-39)46-24-12-8-20-41(46)36-43(38-57)44-22-10-14-26-48(44)55/h2-31,36-37,57H,38H2,1H3. The molecule has 6 aromatic carbocycles. The monoisotopic (exact) mass is 806 g/mol. The topological polar surface area (TPSA) is 29.5 Å². The maximum atomic E-state index is 10.8. The lowest BCUT2D eigenvalue weighted by Gasteiger charge is -2.31. The van der Waals surface area contributed by atoms with Crippen LogP contribution in [0.3, 0.4) is 0 Å². The van der Waals surface area contributed by atoms with Crippen LogP contribution in [0.4, 0.5) is 0 Å². The minimum atomic E-state index is -0.830. The Morgan fingerprint density at radius 1 is 0.467 bits per heavy atom. The van der Waals surface area contributed by atoms with E-state index in [0.29, 0.717) is 0 Å². The number of ether oxygens (including phenoxy) is 1. The Balaban J connectivity index is 1.19. The molecular formula is C56H38O2S2. The second kappa shape index (κ2) is 15.7. The maximum Gasteiger partial charge on any atom is 0.127 e. The number of methoxy groups -OCH3 is 1. The minimum absolute atomic E-state index is 0.0796. The van der Waals surface area contributed by atoms with E-state index in [1.165, 1.54) is 0 Å². The molecule has 0 bridgehead atoms. The first-order chi connectivity index (χ1) is 29.6. The number of fused-ring (bicyclic) bond motifs is 4. The molecule has 0 radical (unpaired) electrons. The van der Waals surface area contributed by atoms with Gasteiger partial charge in [0, 0.05) is 36.2 Å². The lowest BCUT2D eigenvalue weighted by Crippen LogP contribution is -2.28. The number of benzene rings is 6. The van der Waals surface area contributed by atoms with Gasteiger partial charge in [0.15, 0.2) is 0 Å². The molecule has 2 aromatic heterocycles. The molecule has 0 saturated heterocycles. The van der Waals surface area contributed by atoms with Gasteiger partial charge in [0.2, 0.25) is 0 Å². The zero-order valence-corrected chi connectivity index (χ0v) is 34.5. The molecular weight excluding hydrogens is 769 g/mol. The molecule has 0 fully saturated rings. The number of hydrogen-bond acceptors (Lipinski definition) is 4. The molecule has 2 nitrogen and oxygen atoms in total. The first kappa shape index (κ1) is 37.4. The van der Waals surface area contributed by atoms with Crippen molar-refractivity contribution in [3.05, 3.63) is 247 Å². The van der Waals surface area contributed by atoms with Crippen molar-refractivity contribution < 1.29 is 9.84 Å². The highest BCUT2D eigenvalue weighted by atomic mass is 32.1. The highest BCUT2D eigenvalue weighted by Crippen LogP contribution is 2.53.